The zero-order valence-corrected chi connectivity index (χ0v) is 11.3. The average Bonchev–Trinajstić information content (AvgIpc) is 3.05. The predicted molar refractivity (Wildman–Crippen MR) is 74.8 cm³/mol. The summed E-state index contributed by atoms with van der Waals surface area (Å²) in [5.41, 5.74) is 10.5. The van der Waals surface area contributed by atoms with Crippen molar-refractivity contribution in [3.05, 3.63) is 47.0 Å². The van der Waals surface area contributed by atoms with Gasteiger partial charge in [-0.25, -0.2) is 4.98 Å². The number of aryl methyl sites for hydroxylation is 3. The van der Waals surface area contributed by atoms with Crippen LogP contribution in [0.3, 0.4) is 0 Å². The minimum atomic E-state index is 0.000370. The quantitative estimate of drug-likeness (QED) is 0.910. The third kappa shape index (κ3) is 2.40. The molecule has 0 amide bonds. The Bertz CT molecular complexity index is 573. The van der Waals surface area contributed by atoms with E-state index in [0.29, 0.717) is 0 Å². The fourth-order valence-corrected chi connectivity index (χ4v) is 2.85. The highest BCUT2D eigenvalue weighted by Crippen LogP contribution is 2.25. The molecule has 0 bridgehead atoms. The van der Waals surface area contributed by atoms with Gasteiger partial charge < -0.3 is 5.73 Å². The van der Waals surface area contributed by atoms with E-state index >= 15 is 0 Å². The van der Waals surface area contributed by atoms with E-state index in [0.717, 1.165) is 18.8 Å². The number of aromatic nitrogens is 3. The molecule has 2 N–H and O–H groups in total. The normalized spacial score (nSPS) is 15.5. The molecule has 0 radical (unpaired) electrons. The van der Waals surface area contributed by atoms with Crippen LogP contribution in [0.4, 0.5) is 0 Å². The molecule has 1 aromatic heterocycles. The first-order chi connectivity index (χ1) is 9.28. The number of hydrogen-bond donors (Lipinski definition) is 1. The van der Waals surface area contributed by atoms with Crippen LogP contribution < -0.4 is 5.73 Å². The van der Waals surface area contributed by atoms with E-state index in [1.165, 1.54) is 36.0 Å². The summed E-state index contributed by atoms with van der Waals surface area (Å²) in [4.78, 5) is 4.30. The Morgan fingerprint density at radius 2 is 2.16 bits per heavy atom. The van der Waals surface area contributed by atoms with Gasteiger partial charge >= 0.3 is 0 Å². The van der Waals surface area contributed by atoms with Gasteiger partial charge in [0.05, 0.1) is 0 Å². The number of rotatable bonds is 4. The first-order valence-corrected chi connectivity index (χ1v) is 7.02. The molecular formula is C15H20N4. The van der Waals surface area contributed by atoms with Gasteiger partial charge in [0.15, 0.2) is 0 Å². The van der Waals surface area contributed by atoms with Crippen molar-refractivity contribution in [1.82, 2.24) is 14.8 Å². The lowest BCUT2D eigenvalue weighted by Crippen LogP contribution is -2.17. The monoisotopic (exact) mass is 256 g/mol. The van der Waals surface area contributed by atoms with E-state index in [9.17, 15) is 0 Å². The molecule has 0 saturated carbocycles. The molecule has 0 saturated heterocycles. The highest BCUT2D eigenvalue weighted by molar-refractivity contribution is 5.36. The first-order valence-electron chi connectivity index (χ1n) is 7.02. The third-order valence-corrected chi connectivity index (χ3v) is 3.95. The van der Waals surface area contributed by atoms with Gasteiger partial charge in [-0.05, 0) is 42.9 Å². The molecule has 1 atom stereocenters. The Kier molecular flexibility index (Phi) is 3.34. The zero-order chi connectivity index (χ0) is 13.2. The zero-order valence-electron chi connectivity index (χ0n) is 11.3. The van der Waals surface area contributed by atoms with E-state index in [2.05, 4.69) is 35.2 Å². The fraction of sp³-hybridized carbons (Fsp3) is 0.467. The van der Waals surface area contributed by atoms with E-state index < -0.39 is 0 Å². The van der Waals surface area contributed by atoms with Crippen LogP contribution in [0.1, 0.15) is 41.9 Å². The van der Waals surface area contributed by atoms with Crippen LogP contribution in [-0.2, 0) is 25.8 Å². The van der Waals surface area contributed by atoms with Gasteiger partial charge in [0, 0.05) is 19.0 Å². The SMILES string of the molecule is CCn1ncnc1CC(N)c1ccc2c(c1)CCC2. The van der Waals surface area contributed by atoms with E-state index in [-0.39, 0.29) is 6.04 Å². The Balaban J connectivity index is 1.79. The molecule has 1 aromatic carbocycles. The Hall–Kier alpha value is -1.68. The summed E-state index contributed by atoms with van der Waals surface area (Å²) in [6.07, 6.45) is 6.04. The van der Waals surface area contributed by atoms with Crippen molar-refractivity contribution < 1.29 is 0 Å². The van der Waals surface area contributed by atoms with Crippen LogP contribution in [-0.4, -0.2) is 14.8 Å². The molecule has 19 heavy (non-hydrogen) atoms. The molecule has 0 aliphatic heterocycles. The van der Waals surface area contributed by atoms with Crippen molar-refractivity contribution in [3.63, 3.8) is 0 Å². The number of nitrogens with two attached hydrogens (primary N) is 1. The van der Waals surface area contributed by atoms with Crippen LogP contribution in [0.5, 0.6) is 0 Å². The molecular weight excluding hydrogens is 236 g/mol. The summed E-state index contributed by atoms with van der Waals surface area (Å²) in [6, 6.07) is 6.68. The molecule has 0 spiro atoms. The van der Waals surface area contributed by atoms with Crippen LogP contribution in [0.15, 0.2) is 24.5 Å². The Labute approximate surface area is 113 Å². The van der Waals surface area contributed by atoms with Crippen molar-refractivity contribution in [2.75, 3.05) is 0 Å². The lowest BCUT2D eigenvalue weighted by Gasteiger charge is -2.13. The lowest BCUT2D eigenvalue weighted by molar-refractivity contribution is 0.581. The Morgan fingerprint density at radius 3 is 3.00 bits per heavy atom. The molecule has 3 rings (SSSR count). The highest BCUT2D eigenvalue weighted by Gasteiger charge is 2.15. The molecule has 0 fully saturated rings. The largest absolute Gasteiger partial charge is 0.324 e. The van der Waals surface area contributed by atoms with E-state index in [1.54, 1.807) is 6.33 Å². The maximum absolute atomic E-state index is 6.32. The smallest absolute Gasteiger partial charge is 0.138 e. The number of fused-ring (bicyclic) bond motifs is 1. The van der Waals surface area contributed by atoms with Crippen molar-refractivity contribution >= 4 is 0 Å². The summed E-state index contributed by atoms with van der Waals surface area (Å²) in [5, 5.41) is 4.19. The summed E-state index contributed by atoms with van der Waals surface area (Å²) in [5.74, 6) is 0.968. The second-order valence-electron chi connectivity index (χ2n) is 5.18. The van der Waals surface area contributed by atoms with E-state index in [1.807, 2.05) is 4.68 Å². The van der Waals surface area contributed by atoms with Crippen LogP contribution in [0.25, 0.3) is 0 Å². The van der Waals surface area contributed by atoms with Gasteiger partial charge in [-0.1, -0.05) is 18.2 Å². The highest BCUT2D eigenvalue weighted by atomic mass is 15.3. The predicted octanol–water partition coefficient (Wildman–Crippen LogP) is 2.03. The van der Waals surface area contributed by atoms with Crippen molar-refractivity contribution in [2.24, 2.45) is 5.73 Å². The van der Waals surface area contributed by atoms with Gasteiger partial charge in [0.25, 0.3) is 0 Å². The van der Waals surface area contributed by atoms with Crippen molar-refractivity contribution in [1.29, 1.82) is 0 Å². The molecule has 1 aliphatic rings. The van der Waals surface area contributed by atoms with Gasteiger partial charge in [-0.2, -0.15) is 5.10 Å². The minimum absolute atomic E-state index is 0.000370. The first kappa shape index (κ1) is 12.4. The fourth-order valence-electron chi connectivity index (χ4n) is 2.85. The average molecular weight is 256 g/mol. The van der Waals surface area contributed by atoms with Crippen molar-refractivity contribution in [2.45, 2.75) is 45.2 Å². The van der Waals surface area contributed by atoms with Crippen LogP contribution >= 0.6 is 0 Å². The summed E-state index contributed by atoms with van der Waals surface area (Å²) >= 11 is 0. The molecule has 1 unspecified atom stereocenters. The molecule has 4 heteroatoms. The molecule has 2 aromatic rings. The summed E-state index contributed by atoms with van der Waals surface area (Å²) in [7, 11) is 0. The second kappa shape index (κ2) is 5.13. The number of nitrogens with zero attached hydrogens (tertiary/aromatic N) is 3. The van der Waals surface area contributed by atoms with Gasteiger partial charge in [-0.15, -0.1) is 0 Å². The number of hydrogen-bond acceptors (Lipinski definition) is 3. The van der Waals surface area contributed by atoms with Gasteiger partial charge in [0.2, 0.25) is 0 Å². The minimum Gasteiger partial charge on any atom is -0.324 e. The lowest BCUT2D eigenvalue weighted by atomic mass is 9.99. The summed E-state index contributed by atoms with van der Waals surface area (Å²) < 4.78 is 1.91. The molecule has 4 nitrogen and oxygen atoms in total. The van der Waals surface area contributed by atoms with Gasteiger partial charge in [-0.3, -0.25) is 4.68 Å². The van der Waals surface area contributed by atoms with Gasteiger partial charge in [0.1, 0.15) is 12.2 Å². The maximum Gasteiger partial charge on any atom is 0.138 e. The summed E-state index contributed by atoms with van der Waals surface area (Å²) in [6.45, 7) is 2.91. The molecule has 100 valence electrons. The van der Waals surface area contributed by atoms with Crippen LogP contribution in [0.2, 0.25) is 0 Å². The topological polar surface area (TPSA) is 56.7 Å². The standard InChI is InChI=1S/C15H20N4/c1-2-19-15(17-10-18-19)9-14(16)13-7-6-11-4-3-5-12(11)8-13/h6-8,10,14H,2-5,9,16H2,1H3. The molecule has 1 heterocycles. The number of benzene rings is 1. The second-order valence-corrected chi connectivity index (χ2v) is 5.18. The molecule has 1 aliphatic carbocycles. The van der Waals surface area contributed by atoms with Crippen molar-refractivity contribution in [3.8, 4) is 0 Å². The van der Waals surface area contributed by atoms with E-state index in [4.69, 9.17) is 5.73 Å². The maximum atomic E-state index is 6.32. The third-order valence-electron chi connectivity index (χ3n) is 3.95. The Morgan fingerprint density at radius 1 is 1.32 bits per heavy atom. The van der Waals surface area contributed by atoms with Crippen LogP contribution in [0, 0.1) is 0 Å².